The Morgan fingerprint density at radius 3 is 2.71 bits per heavy atom. The minimum Gasteiger partial charge on any atom is -0.493 e. The summed E-state index contributed by atoms with van der Waals surface area (Å²) in [6.07, 6.45) is 3.52. The van der Waals surface area contributed by atoms with Crippen molar-refractivity contribution in [1.82, 2.24) is 0 Å². The lowest BCUT2D eigenvalue weighted by Crippen LogP contribution is -2.06. The Balaban J connectivity index is 1.90. The minimum absolute atomic E-state index is 0.0115. The van der Waals surface area contributed by atoms with Crippen molar-refractivity contribution >= 4 is 39.6 Å². The monoisotopic (exact) mass is 488 g/mol. The van der Waals surface area contributed by atoms with E-state index in [4.69, 9.17) is 14.2 Å². The number of ether oxygens (including phenoxy) is 3. The van der Waals surface area contributed by atoms with Crippen molar-refractivity contribution in [2.24, 2.45) is 4.99 Å². The maximum absolute atomic E-state index is 12.3. The second kappa shape index (κ2) is 9.74. The number of carbonyl (C=O) groups excluding carboxylic acids is 1. The largest absolute Gasteiger partial charge is 0.493 e. The van der Waals surface area contributed by atoms with Crippen LogP contribution in [0.4, 0.5) is 5.69 Å². The van der Waals surface area contributed by atoms with Crippen molar-refractivity contribution in [3.63, 3.8) is 0 Å². The van der Waals surface area contributed by atoms with Crippen molar-refractivity contribution in [3.8, 4) is 11.5 Å². The third-order valence-electron chi connectivity index (χ3n) is 4.56. The van der Waals surface area contributed by atoms with E-state index in [1.807, 2.05) is 0 Å². The number of cyclic esters (lactones) is 1. The van der Waals surface area contributed by atoms with E-state index in [0.29, 0.717) is 39.3 Å². The third-order valence-corrected chi connectivity index (χ3v) is 5.15. The quantitative estimate of drug-likeness (QED) is 0.166. The average molecular weight is 489 g/mol. The van der Waals surface area contributed by atoms with Gasteiger partial charge in [-0.25, -0.2) is 9.79 Å². The molecular formula is C22H21BrN2O6. The molecule has 1 aliphatic rings. The van der Waals surface area contributed by atoms with Crippen LogP contribution in [0.3, 0.4) is 0 Å². The Hall–Kier alpha value is -3.20. The van der Waals surface area contributed by atoms with Crippen LogP contribution in [0.15, 0.2) is 45.5 Å². The van der Waals surface area contributed by atoms with E-state index < -0.39 is 10.9 Å². The van der Waals surface area contributed by atoms with Gasteiger partial charge in [0.2, 0.25) is 5.90 Å². The topological polar surface area (TPSA) is 100 Å². The summed E-state index contributed by atoms with van der Waals surface area (Å²) in [5, 5.41) is 11.0. The Morgan fingerprint density at radius 1 is 1.29 bits per heavy atom. The molecule has 2 aromatic rings. The predicted octanol–water partition coefficient (Wildman–Crippen LogP) is 5.20. The number of nitro benzene ring substituents is 1. The lowest BCUT2D eigenvalue weighted by molar-refractivity contribution is -0.385. The van der Waals surface area contributed by atoms with Gasteiger partial charge in [0, 0.05) is 17.2 Å². The predicted molar refractivity (Wildman–Crippen MR) is 120 cm³/mol. The summed E-state index contributed by atoms with van der Waals surface area (Å²) in [6.45, 7) is 4.27. The van der Waals surface area contributed by atoms with Gasteiger partial charge in [0.1, 0.15) is 0 Å². The number of unbranched alkanes of at least 4 members (excludes halogenated alkanes) is 1. The number of aryl methyl sites for hydroxylation is 1. The van der Waals surface area contributed by atoms with E-state index in [-0.39, 0.29) is 17.3 Å². The zero-order valence-corrected chi connectivity index (χ0v) is 18.9. The van der Waals surface area contributed by atoms with Gasteiger partial charge in [0.25, 0.3) is 5.69 Å². The molecule has 0 aliphatic carbocycles. The number of nitrogens with zero attached hydrogens (tertiary/aromatic N) is 2. The first kappa shape index (κ1) is 22.5. The Kier molecular flexibility index (Phi) is 7.06. The van der Waals surface area contributed by atoms with Crippen LogP contribution in [0.2, 0.25) is 0 Å². The molecule has 0 saturated heterocycles. The molecule has 31 heavy (non-hydrogen) atoms. The third kappa shape index (κ3) is 5.11. The maximum Gasteiger partial charge on any atom is 0.363 e. The fourth-order valence-corrected chi connectivity index (χ4v) is 3.54. The second-order valence-corrected chi connectivity index (χ2v) is 7.68. The van der Waals surface area contributed by atoms with E-state index in [1.165, 1.54) is 12.1 Å². The molecular weight excluding hydrogens is 468 g/mol. The minimum atomic E-state index is -0.607. The molecule has 9 heteroatoms. The van der Waals surface area contributed by atoms with E-state index in [1.54, 1.807) is 38.3 Å². The molecule has 162 valence electrons. The molecule has 1 aliphatic heterocycles. The molecule has 0 spiro atoms. The molecule has 0 amide bonds. The summed E-state index contributed by atoms with van der Waals surface area (Å²) in [5.41, 5.74) is 1.70. The maximum atomic E-state index is 12.3. The second-order valence-electron chi connectivity index (χ2n) is 6.83. The average Bonchev–Trinajstić information content (AvgIpc) is 3.09. The number of halogens is 1. The fraction of sp³-hybridized carbons (Fsp3) is 0.273. The Morgan fingerprint density at radius 2 is 2.06 bits per heavy atom. The summed E-state index contributed by atoms with van der Waals surface area (Å²) in [6, 6.07) is 7.98. The van der Waals surface area contributed by atoms with Crippen LogP contribution in [-0.2, 0) is 9.53 Å². The molecule has 0 aromatic heterocycles. The van der Waals surface area contributed by atoms with Gasteiger partial charge in [0.15, 0.2) is 17.2 Å². The lowest BCUT2D eigenvalue weighted by Gasteiger charge is -2.13. The van der Waals surface area contributed by atoms with Crippen LogP contribution in [0.5, 0.6) is 11.5 Å². The number of esters is 1. The molecule has 0 fully saturated rings. The van der Waals surface area contributed by atoms with Gasteiger partial charge in [-0.1, -0.05) is 13.3 Å². The highest BCUT2D eigenvalue weighted by Crippen LogP contribution is 2.37. The van der Waals surface area contributed by atoms with Crippen LogP contribution < -0.4 is 9.47 Å². The number of carbonyl (C=O) groups is 1. The Bertz CT molecular complexity index is 1090. The zero-order chi connectivity index (χ0) is 22.5. The van der Waals surface area contributed by atoms with Crippen LogP contribution in [0, 0.1) is 17.0 Å². The van der Waals surface area contributed by atoms with Crippen molar-refractivity contribution in [2.75, 3.05) is 13.7 Å². The summed E-state index contributed by atoms with van der Waals surface area (Å²) in [7, 11) is 1.54. The van der Waals surface area contributed by atoms with Crippen LogP contribution in [0.1, 0.15) is 36.5 Å². The number of hydrogen-bond acceptors (Lipinski definition) is 7. The highest BCUT2D eigenvalue weighted by molar-refractivity contribution is 9.10. The molecule has 0 radical (unpaired) electrons. The van der Waals surface area contributed by atoms with Gasteiger partial charge in [-0.3, -0.25) is 10.1 Å². The molecule has 8 nitrogen and oxygen atoms in total. The van der Waals surface area contributed by atoms with Crippen LogP contribution >= 0.6 is 15.9 Å². The van der Waals surface area contributed by atoms with E-state index in [2.05, 4.69) is 27.8 Å². The number of nitro groups is 1. The van der Waals surface area contributed by atoms with Crippen LogP contribution in [0.25, 0.3) is 6.08 Å². The molecule has 0 N–H and O–H groups in total. The SMILES string of the molecule is CCCCOc1c(Br)cc(/C=C2\N=C(c3ccc([N+](=O)[O-])c(C)c3)OC2=O)cc1OC. The van der Waals surface area contributed by atoms with Gasteiger partial charge in [-0.2, -0.15) is 0 Å². The molecule has 3 rings (SSSR count). The van der Waals surface area contributed by atoms with E-state index >= 15 is 0 Å². The number of aliphatic imine (C=N–C) groups is 1. The van der Waals surface area contributed by atoms with Crippen LogP contribution in [-0.4, -0.2) is 30.5 Å². The van der Waals surface area contributed by atoms with Gasteiger partial charge in [0.05, 0.1) is 23.1 Å². The highest BCUT2D eigenvalue weighted by atomic mass is 79.9. The van der Waals surface area contributed by atoms with Crippen molar-refractivity contribution in [1.29, 1.82) is 0 Å². The summed E-state index contributed by atoms with van der Waals surface area (Å²) < 4.78 is 17.2. The standard InChI is InChI=1S/C22H21BrN2O6/c1-4-5-8-30-20-16(23)10-14(12-19(20)29-3)11-17-22(26)31-21(24-17)15-6-7-18(25(27)28)13(2)9-15/h6-7,9-12H,4-5,8H2,1-3H3/b17-11-. The number of hydrogen-bond donors (Lipinski definition) is 0. The molecule has 0 bridgehead atoms. The molecule has 2 aromatic carbocycles. The number of methoxy groups -OCH3 is 1. The van der Waals surface area contributed by atoms with Crippen molar-refractivity contribution < 1.29 is 23.9 Å². The summed E-state index contributed by atoms with van der Waals surface area (Å²) >= 11 is 3.49. The zero-order valence-electron chi connectivity index (χ0n) is 17.3. The first-order valence-corrected chi connectivity index (χ1v) is 10.4. The first-order valence-electron chi connectivity index (χ1n) is 9.62. The molecule has 0 atom stereocenters. The number of rotatable bonds is 8. The van der Waals surface area contributed by atoms with E-state index in [9.17, 15) is 14.9 Å². The summed E-state index contributed by atoms with van der Waals surface area (Å²) in [5.74, 6) is 0.612. The molecule has 0 saturated carbocycles. The van der Waals surface area contributed by atoms with Gasteiger partial charge < -0.3 is 14.2 Å². The lowest BCUT2D eigenvalue weighted by atomic mass is 10.1. The normalized spacial score (nSPS) is 14.4. The van der Waals surface area contributed by atoms with Gasteiger partial charge in [-0.15, -0.1) is 0 Å². The Labute approximate surface area is 187 Å². The van der Waals surface area contributed by atoms with Crippen molar-refractivity contribution in [2.45, 2.75) is 26.7 Å². The number of benzene rings is 2. The smallest absolute Gasteiger partial charge is 0.363 e. The fourth-order valence-electron chi connectivity index (χ4n) is 2.97. The van der Waals surface area contributed by atoms with Gasteiger partial charge in [-0.05, 0) is 65.2 Å². The van der Waals surface area contributed by atoms with Gasteiger partial charge >= 0.3 is 5.97 Å². The first-order chi connectivity index (χ1) is 14.8. The molecule has 1 heterocycles. The highest BCUT2D eigenvalue weighted by Gasteiger charge is 2.25. The van der Waals surface area contributed by atoms with E-state index in [0.717, 1.165) is 12.8 Å². The summed E-state index contributed by atoms with van der Waals surface area (Å²) in [4.78, 5) is 27.1. The molecule has 0 unspecified atom stereocenters. The van der Waals surface area contributed by atoms with Crippen molar-refractivity contribution in [3.05, 3.63) is 67.3 Å².